The lowest BCUT2D eigenvalue weighted by Gasteiger charge is -2.29. The summed E-state index contributed by atoms with van der Waals surface area (Å²) < 4.78 is 121. The first kappa shape index (κ1) is 30.9. The molecule has 0 bridgehead atoms. The molecule has 0 aliphatic heterocycles. The van der Waals surface area contributed by atoms with Crippen molar-refractivity contribution in [1.29, 1.82) is 0 Å². The Morgan fingerprint density at radius 2 is 1.34 bits per heavy atom. The molecule has 2 aromatic carbocycles. The van der Waals surface area contributed by atoms with Crippen LogP contribution in [0.4, 0.5) is 45.2 Å². The second-order valence-electron chi connectivity index (χ2n) is 8.61. The number of guanidine groups is 1. The van der Waals surface area contributed by atoms with Crippen molar-refractivity contribution in [2.24, 2.45) is 16.7 Å². The monoisotopic (exact) mass is 558 g/mol. The quantitative estimate of drug-likeness (QED) is 0.153. The second kappa shape index (κ2) is 11.2. The van der Waals surface area contributed by atoms with Gasteiger partial charge in [-0.3, -0.25) is 0 Å². The average Bonchev–Trinajstić information content (AvgIpc) is 2.76. The normalized spacial score (nSPS) is 13.1. The van der Waals surface area contributed by atoms with E-state index >= 15 is 0 Å². The van der Waals surface area contributed by atoms with Crippen molar-refractivity contribution >= 4 is 11.6 Å². The highest BCUT2D eigenvalue weighted by Gasteiger charge is 2.37. The van der Waals surface area contributed by atoms with Crippen molar-refractivity contribution < 1.29 is 39.5 Å². The molecule has 15 heteroatoms. The molecule has 0 heterocycles. The fourth-order valence-corrected chi connectivity index (χ4v) is 3.67. The first-order valence-corrected chi connectivity index (χ1v) is 11.0. The standard InChI is InChI=1S/C23H27F9N6/c1-5-36(3)19-6-13(2)18(23(30,31)32)9-15(19)12-38(20(33)35-37(4)34)11-14-7-16(21(24,25)26)10-17(8-14)22(27,28)29/h6-10H,5,11-12,34H2,1-4H3,(H2,33,35). The molecule has 0 amide bonds. The molecule has 0 saturated carbocycles. The molecule has 0 unspecified atom stereocenters. The van der Waals surface area contributed by atoms with Crippen LogP contribution in [0.3, 0.4) is 0 Å². The van der Waals surface area contributed by atoms with Crippen LogP contribution in [-0.2, 0) is 31.6 Å². The maximum Gasteiger partial charge on any atom is 0.416 e. The Bertz CT molecular complexity index is 1120. The lowest BCUT2D eigenvalue weighted by Crippen LogP contribution is -2.39. The van der Waals surface area contributed by atoms with Crippen molar-refractivity contribution in [3.63, 3.8) is 0 Å². The topological polar surface area (TPSA) is 74.1 Å². The first-order chi connectivity index (χ1) is 17.2. The number of rotatable bonds is 7. The SMILES string of the molecule is CCN(C)c1cc(C)c(C(F)(F)F)cc1CN(Cc1cc(C(F)(F)F)cc(C(F)(F)F)c1)/C(N)=N/N(C)N. The Morgan fingerprint density at radius 3 is 1.76 bits per heavy atom. The molecule has 0 aliphatic rings. The van der Waals surface area contributed by atoms with E-state index in [-0.39, 0.29) is 17.2 Å². The molecular weight excluding hydrogens is 531 g/mol. The van der Waals surface area contributed by atoms with Gasteiger partial charge in [-0.1, -0.05) is 0 Å². The summed E-state index contributed by atoms with van der Waals surface area (Å²) in [6.07, 6.45) is -14.9. The summed E-state index contributed by atoms with van der Waals surface area (Å²) in [5.74, 6) is 5.02. The van der Waals surface area contributed by atoms with Crippen molar-refractivity contribution in [2.45, 2.75) is 45.5 Å². The molecule has 2 aromatic rings. The fourth-order valence-electron chi connectivity index (χ4n) is 3.67. The number of hydrogen-bond donors (Lipinski definition) is 2. The number of nitrogens with two attached hydrogens (primary N) is 2. The first-order valence-electron chi connectivity index (χ1n) is 11.0. The van der Waals surface area contributed by atoms with Crippen molar-refractivity contribution in [1.82, 2.24) is 10.0 Å². The lowest BCUT2D eigenvalue weighted by molar-refractivity contribution is -0.143. The Balaban J connectivity index is 2.70. The number of hydrogen-bond acceptors (Lipinski definition) is 4. The molecule has 6 nitrogen and oxygen atoms in total. The molecule has 38 heavy (non-hydrogen) atoms. The third kappa shape index (κ3) is 7.82. The summed E-state index contributed by atoms with van der Waals surface area (Å²) >= 11 is 0. The van der Waals surface area contributed by atoms with E-state index in [1.54, 1.807) is 18.9 Å². The zero-order valence-corrected chi connectivity index (χ0v) is 20.9. The van der Waals surface area contributed by atoms with Gasteiger partial charge in [0, 0.05) is 39.4 Å². The Labute approximate surface area is 213 Å². The van der Waals surface area contributed by atoms with Gasteiger partial charge >= 0.3 is 18.5 Å². The summed E-state index contributed by atoms with van der Waals surface area (Å²) in [6, 6.07) is 3.17. The molecule has 0 fully saturated rings. The lowest BCUT2D eigenvalue weighted by atomic mass is 10.0. The van der Waals surface area contributed by atoms with Crippen LogP contribution < -0.4 is 16.5 Å². The summed E-state index contributed by atoms with van der Waals surface area (Å²) in [5, 5.41) is 4.49. The molecule has 0 aromatic heterocycles. The number of alkyl halides is 9. The Kier molecular flexibility index (Phi) is 9.07. The van der Waals surface area contributed by atoms with Crippen LogP contribution in [0, 0.1) is 6.92 Å². The number of hydrazine groups is 1. The van der Waals surface area contributed by atoms with Crippen molar-refractivity contribution in [3.8, 4) is 0 Å². The van der Waals surface area contributed by atoms with Crippen LogP contribution in [0.2, 0.25) is 0 Å². The number of benzene rings is 2. The van der Waals surface area contributed by atoms with Crippen LogP contribution in [0.5, 0.6) is 0 Å². The highest BCUT2D eigenvalue weighted by atomic mass is 19.4. The predicted octanol–water partition coefficient (Wildman–Crippen LogP) is 5.54. The van der Waals surface area contributed by atoms with Gasteiger partial charge in [-0.2, -0.15) is 39.5 Å². The highest BCUT2D eigenvalue weighted by Crippen LogP contribution is 2.38. The van der Waals surface area contributed by atoms with Gasteiger partial charge in [-0.15, -0.1) is 5.10 Å². The zero-order chi connectivity index (χ0) is 29.2. The average molecular weight is 558 g/mol. The maximum absolute atomic E-state index is 13.7. The number of aryl methyl sites for hydroxylation is 1. The summed E-state index contributed by atoms with van der Waals surface area (Å²) in [6.45, 7) is 2.31. The van der Waals surface area contributed by atoms with Gasteiger partial charge in [-0.05, 0) is 60.9 Å². The van der Waals surface area contributed by atoms with E-state index in [0.29, 0.717) is 24.4 Å². The van der Waals surface area contributed by atoms with Gasteiger partial charge in [0.15, 0.2) is 0 Å². The van der Waals surface area contributed by atoms with Gasteiger partial charge in [0.1, 0.15) is 0 Å². The number of nitrogens with zero attached hydrogens (tertiary/aromatic N) is 4. The van der Waals surface area contributed by atoms with Gasteiger partial charge in [0.05, 0.1) is 16.7 Å². The Morgan fingerprint density at radius 1 is 0.816 bits per heavy atom. The van der Waals surface area contributed by atoms with Crippen LogP contribution in [0.15, 0.2) is 35.4 Å². The molecule has 212 valence electrons. The van der Waals surface area contributed by atoms with Gasteiger partial charge in [0.25, 0.3) is 0 Å². The third-order valence-electron chi connectivity index (χ3n) is 5.58. The molecule has 0 saturated heterocycles. The Hall–Kier alpha value is -3.36. The summed E-state index contributed by atoms with van der Waals surface area (Å²) in [4.78, 5) is 2.67. The van der Waals surface area contributed by atoms with Crippen LogP contribution in [-0.4, -0.2) is 36.6 Å². The van der Waals surface area contributed by atoms with E-state index in [2.05, 4.69) is 5.10 Å². The molecular formula is C23H27F9N6. The third-order valence-corrected chi connectivity index (χ3v) is 5.58. The van der Waals surface area contributed by atoms with Crippen LogP contribution in [0.25, 0.3) is 0 Å². The highest BCUT2D eigenvalue weighted by molar-refractivity contribution is 5.78. The molecule has 2 rings (SSSR count). The van der Waals surface area contributed by atoms with Gasteiger partial charge < -0.3 is 15.5 Å². The zero-order valence-electron chi connectivity index (χ0n) is 20.9. The van der Waals surface area contributed by atoms with Crippen LogP contribution >= 0.6 is 0 Å². The second-order valence-corrected chi connectivity index (χ2v) is 8.61. The predicted molar refractivity (Wildman–Crippen MR) is 124 cm³/mol. The van der Waals surface area contributed by atoms with Gasteiger partial charge in [-0.25, -0.2) is 11.0 Å². The summed E-state index contributed by atoms with van der Waals surface area (Å²) in [5.41, 5.74) is 1.81. The van der Waals surface area contributed by atoms with Crippen molar-refractivity contribution in [3.05, 3.63) is 63.7 Å². The largest absolute Gasteiger partial charge is 0.416 e. The fraction of sp³-hybridized carbons (Fsp3) is 0.435. The minimum absolute atomic E-state index is 0.0250. The van der Waals surface area contributed by atoms with Crippen molar-refractivity contribution in [2.75, 3.05) is 25.5 Å². The molecule has 4 N–H and O–H groups in total. The molecule has 0 spiro atoms. The molecule has 0 radical (unpaired) electrons. The van der Waals surface area contributed by atoms with E-state index in [4.69, 9.17) is 11.6 Å². The summed E-state index contributed by atoms with van der Waals surface area (Å²) in [7, 11) is 2.87. The minimum Gasteiger partial charge on any atom is -0.375 e. The van der Waals surface area contributed by atoms with Gasteiger partial charge in [0.2, 0.25) is 5.96 Å². The van der Waals surface area contributed by atoms with Crippen LogP contribution in [0.1, 0.15) is 40.3 Å². The van der Waals surface area contributed by atoms with E-state index in [0.717, 1.165) is 16.1 Å². The maximum atomic E-state index is 13.7. The number of hydrazone groups is 1. The smallest absolute Gasteiger partial charge is 0.375 e. The van der Waals surface area contributed by atoms with E-state index in [1.807, 2.05) is 0 Å². The molecule has 0 atom stereocenters. The van der Waals surface area contributed by atoms with E-state index in [1.165, 1.54) is 20.0 Å². The number of halogens is 9. The van der Waals surface area contributed by atoms with E-state index in [9.17, 15) is 39.5 Å². The number of anilines is 1. The van der Waals surface area contributed by atoms with E-state index < -0.39 is 59.8 Å². The molecule has 0 aliphatic carbocycles. The minimum atomic E-state index is -5.09.